The van der Waals surface area contributed by atoms with Crippen molar-refractivity contribution in [3.63, 3.8) is 0 Å². The molecule has 1 fully saturated rings. The number of carbonyl (C=O) groups is 2. The number of esters is 1. The number of nitrogens with one attached hydrogen (secondary N) is 1. The summed E-state index contributed by atoms with van der Waals surface area (Å²) in [6.07, 6.45) is 5.66. The predicted octanol–water partition coefficient (Wildman–Crippen LogP) is 4.26. The van der Waals surface area contributed by atoms with Crippen LogP contribution >= 0.6 is 0 Å². The van der Waals surface area contributed by atoms with Crippen molar-refractivity contribution in [3.05, 3.63) is 50.5 Å². The zero-order valence-electron chi connectivity index (χ0n) is 16.7. The van der Waals surface area contributed by atoms with Gasteiger partial charge < -0.3 is 10.1 Å². The zero-order valence-corrected chi connectivity index (χ0v) is 16.7. The molecule has 0 aliphatic heterocycles. The Labute approximate surface area is 171 Å². The molecule has 0 unspecified atom stereocenters. The molecule has 1 aromatic carbocycles. The third-order valence-electron chi connectivity index (χ3n) is 4.94. The number of Topliss-reactive ketones (excluding diaryl/α,β-unsaturated/α-hetero) is 1. The number of rotatable bonds is 9. The Morgan fingerprint density at radius 3 is 2.40 bits per heavy atom. The molecule has 164 valence electrons. The summed E-state index contributed by atoms with van der Waals surface area (Å²) < 4.78 is 47.6. The molecular weight excluding hydrogens is 405 g/mol. The van der Waals surface area contributed by atoms with E-state index in [0.717, 1.165) is 38.8 Å². The summed E-state index contributed by atoms with van der Waals surface area (Å²) in [5.74, 6) is -7.91. The molecule has 7 nitrogen and oxygen atoms in total. The molecule has 0 heterocycles. The lowest BCUT2D eigenvalue weighted by atomic mass is 9.98. The Kier molecular flexibility index (Phi) is 7.96. The molecule has 1 N–H and O–H groups in total. The van der Waals surface area contributed by atoms with Gasteiger partial charge in [-0.25, -0.2) is 13.6 Å². The number of nitro benzene ring substituents is 1. The fraction of sp³-hybridized carbons (Fsp3) is 0.500. The molecule has 10 heteroatoms. The van der Waals surface area contributed by atoms with Gasteiger partial charge in [0.15, 0.2) is 5.82 Å². The molecule has 1 saturated carbocycles. The van der Waals surface area contributed by atoms with Crippen LogP contribution in [0.2, 0.25) is 0 Å². The van der Waals surface area contributed by atoms with Crippen LogP contribution in [0.1, 0.15) is 61.4 Å². The van der Waals surface area contributed by atoms with Crippen molar-refractivity contribution in [2.45, 2.75) is 58.4 Å². The highest BCUT2D eigenvalue weighted by Gasteiger charge is 2.37. The van der Waals surface area contributed by atoms with Crippen molar-refractivity contribution in [1.29, 1.82) is 0 Å². The Bertz CT molecular complexity index is 880. The zero-order chi connectivity index (χ0) is 22.4. The largest absolute Gasteiger partial charge is 0.462 e. The summed E-state index contributed by atoms with van der Waals surface area (Å²) in [7, 11) is 0. The van der Waals surface area contributed by atoms with Gasteiger partial charge in [-0.05, 0) is 26.2 Å². The molecule has 0 spiro atoms. The third-order valence-corrected chi connectivity index (χ3v) is 4.94. The first-order chi connectivity index (χ1) is 14.2. The molecule has 0 amide bonds. The minimum absolute atomic E-state index is 0.0231. The number of ether oxygens (including phenoxy) is 1. The van der Waals surface area contributed by atoms with Crippen molar-refractivity contribution < 1.29 is 32.4 Å². The van der Waals surface area contributed by atoms with E-state index < -0.39 is 56.5 Å². The summed E-state index contributed by atoms with van der Waals surface area (Å²) in [5.41, 5.74) is -4.59. The topological polar surface area (TPSA) is 98.5 Å². The quantitative estimate of drug-likeness (QED) is 0.0726. The minimum Gasteiger partial charge on any atom is -0.462 e. The Morgan fingerprint density at radius 2 is 1.83 bits per heavy atom. The van der Waals surface area contributed by atoms with Crippen LogP contribution < -0.4 is 5.32 Å². The lowest BCUT2D eigenvalue weighted by Gasteiger charge is -2.13. The van der Waals surface area contributed by atoms with Gasteiger partial charge in [0, 0.05) is 17.8 Å². The molecule has 0 atom stereocenters. The monoisotopic (exact) mass is 428 g/mol. The fourth-order valence-corrected chi connectivity index (χ4v) is 3.18. The van der Waals surface area contributed by atoms with E-state index in [4.69, 9.17) is 4.74 Å². The number of benzene rings is 1. The highest BCUT2D eigenvalue weighted by atomic mass is 19.2. The second-order valence-electron chi connectivity index (χ2n) is 7.07. The van der Waals surface area contributed by atoms with Crippen LogP contribution in [0.15, 0.2) is 11.8 Å². The molecule has 0 radical (unpaired) electrons. The molecule has 0 aromatic heterocycles. The van der Waals surface area contributed by atoms with Gasteiger partial charge in [0.25, 0.3) is 0 Å². The second kappa shape index (κ2) is 10.2. The van der Waals surface area contributed by atoms with E-state index in [9.17, 15) is 32.9 Å². The lowest BCUT2D eigenvalue weighted by Crippen LogP contribution is -2.26. The first-order valence-corrected chi connectivity index (χ1v) is 9.70. The second-order valence-corrected chi connectivity index (χ2v) is 7.07. The van der Waals surface area contributed by atoms with Crippen LogP contribution in [-0.4, -0.2) is 29.3 Å². The number of carbonyl (C=O) groups excluding carboxylic acids is 2. The number of halogens is 3. The lowest BCUT2D eigenvalue weighted by molar-refractivity contribution is -0.388. The maximum atomic E-state index is 14.7. The molecule has 2 rings (SSSR count). The number of ketones is 1. The van der Waals surface area contributed by atoms with E-state index >= 15 is 0 Å². The average molecular weight is 428 g/mol. The van der Waals surface area contributed by atoms with E-state index in [2.05, 4.69) is 5.32 Å². The van der Waals surface area contributed by atoms with Crippen LogP contribution in [0.4, 0.5) is 18.9 Å². The van der Waals surface area contributed by atoms with Gasteiger partial charge in [-0.1, -0.05) is 26.2 Å². The highest BCUT2D eigenvalue weighted by Crippen LogP contribution is 2.32. The van der Waals surface area contributed by atoms with Gasteiger partial charge in [0.05, 0.1) is 11.5 Å². The normalized spacial score (nSPS) is 14.6. The molecule has 1 aromatic rings. The maximum absolute atomic E-state index is 14.7. The SMILES string of the molecule is CCCCOC(=O)C(=CNC1CCCC1)C(=O)c1c(F)c(C)c(F)c(F)c1[N+](=O)[O-]. The van der Waals surface area contributed by atoms with E-state index in [0.29, 0.717) is 12.8 Å². The van der Waals surface area contributed by atoms with E-state index in [-0.39, 0.29) is 12.6 Å². The van der Waals surface area contributed by atoms with Gasteiger partial charge >= 0.3 is 11.7 Å². The van der Waals surface area contributed by atoms with Gasteiger partial charge in [0.2, 0.25) is 11.6 Å². The predicted molar refractivity (Wildman–Crippen MR) is 101 cm³/mol. The van der Waals surface area contributed by atoms with E-state index in [1.807, 2.05) is 6.92 Å². The van der Waals surface area contributed by atoms with Gasteiger partial charge in [0.1, 0.15) is 17.0 Å². The van der Waals surface area contributed by atoms with Crippen LogP contribution in [-0.2, 0) is 9.53 Å². The Morgan fingerprint density at radius 1 is 1.20 bits per heavy atom. The van der Waals surface area contributed by atoms with Crippen LogP contribution in [0.5, 0.6) is 0 Å². The highest BCUT2D eigenvalue weighted by molar-refractivity contribution is 6.25. The summed E-state index contributed by atoms with van der Waals surface area (Å²) in [4.78, 5) is 35.3. The van der Waals surface area contributed by atoms with Crippen molar-refractivity contribution in [2.24, 2.45) is 0 Å². The number of nitrogens with zero attached hydrogens (tertiary/aromatic N) is 1. The summed E-state index contributed by atoms with van der Waals surface area (Å²) in [6.45, 7) is 2.67. The van der Waals surface area contributed by atoms with Gasteiger partial charge in [-0.3, -0.25) is 14.9 Å². The number of nitro groups is 1. The Balaban J connectivity index is 2.52. The first kappa shape index (κ1) is 23.4. The van der Waals surface area contributed by atoms with Crippen molar-refractivity contribution in [1.82, 2.24) is 5.32 Å². The van der Waals surface area contributed by atoms with Crippen molar-refractivity contribution >= 4 is 17.4 Å². The van der Waals surface area contributed by atoms with Gasteiger partial charge in [-0.15, -0.1) is 0 Å². The molecular formula is C20H23F3N2O5. The molecule has 30 heavy (non-hydrogen) atoms. The summed E-state index contributed by atoms with van der Waals surface area (Å²) >= 11 is 0. The Hall–Kier alpha value is -2.91. The number of hydrogen-bond acceptors (Lipinski definition) is 6. The van der Waals surface area contributed by atoms with Crippen molar-refractivity contribution in [2.75, 3.05) is 6.61 Å². The van der Waals surface area contributed by atoms with Crippen LogP contribution in [0.25, 0.3) is 0 Å². The fourth-order valence-electron chi connectivity index (χ4n) is 3.18. The van der Waals surface area contributed by atoms with E-state index in [1.165, 1.54) is 0 Å². The average Bonchev–Trinajstić information content (AvgIpc) is 3.22. The molecule has 1 aliphatic rings. The van der Waals surface area contributed by atoms with Crippen LogP contribution in [0, 0.1) is 34.5 Å². The van der Waals surface area contributed by atoms with Crippen molar-refractivity contribution in [3.8, 4) is 0 Å². The molecule has 0 saturated heterocycles. The minimum atomic E-state index is -1.97. The van der Waals surface area contributed by atoms with Crippen LogP contribution in [0.3, 0.4) is 0 Å². The van der Waals surface area contributed by atoms with Gasteiger partial charge in [-0.2, -0.15) is 4.39 Å². The summed E-state index contributed by atoms with van der Waals surface area (Å²) in [6, 6.07) is -0.0391. The van der Waals surface area contributed by atoms with E-state index in [1.54, 1.807) is 0 Å². The first-order valence-electron chi connectivity index (χ1n) is 9.70. The molecule has 1 aliphatic carbocycles. The maximum Gasteiger partial charge on any atom is 0.343 e. The standard InChI is InChI=1S/C20H23F3N2O5/c1-3-4-9-30-20(27)13(10-24-12-7-5-6-8-12)19(26)14-15(21)11(2)16(22)17(23)18(14)25(28)29/h10,12,24H,3-9H2,1-2H3. The number of unbranched alkanes of at least 4 members (excludes halogenated alkanes) is 1. The third kappa shape index (κ3) is 4.98. The number of hydrogen-bond donors (Lipinski definition) is 1. The molecule has 0 bridgehead atoms. The summed E-state index contributed by atoms with van der Waals surface area (Å²) in [5, 5.41) is 14.1. The smallest absolute Gasteiger partial charge is 0.343 e.